The molecule has 0 saturated carbocycles. The SMILES string of the molecule is Cc1ccc(-n2nnnc2CN2CCN(C(=O)COc3ccccc3F)CC2)cc1. The van der Waals surface area contributed by atoms with E-state index in [0.717, 1.165) is 11.5 Å². The predicted molar refractivity (Wildman–Crippen MR) is 108 cm³/mol. The van der Waals surface area contributed by atoms with Crippen molar-refractivity contribution in [3.05, 3.63) is 65.7 Å². The molecule has 0 aliphatic carbocycles. The molecule has 0 unspecified atom stereocenters. The van der Waals surface area contributed by atoms with Crippen LogP contribution < -0.4 is 4.74 Å². The van der Waals surface area contributed by atoms with E-state index in [2.05, 4.69) is 20.4 Å². The molecule has 1 fully saturated rings. The number of aromatic nitrogens is 4. The average molecular weight is 410 g/mol. The van der Waals surface area contributed by atoms with Crippen molar-refractivity contribution in [1.29, 1.82) is 0 Å². The number of hydrogen-bond acceptors (Lipinski definition) is 6. The molecule has 0 spiro atoms. The number of ether oxygens (including phenoxy) is 1. The highest BCUT2D eigenvalue weighted by Gasteiger charge is 2.23. The molecular weight excluding hydrogens is 387 g/mol. The number of benzene rings is 2. The Hall–Kier alpha value is -3.33. The summed E-state index contributed by atoms with van der Waals surface area (Å²) in [7, 11) is 0. The Balaban J connectivity index is 1.29. The molecule has 0 radical (unpaired) electrons. The fourth-order valence-electron chi connectivity index (χ4n) is 3.34. The third-order valence-electron chi connectivity index (χ3n) is 5.09. The summed E-state index contributed by atoms with van der Waals surface area (Å²) in [6.45, 7) is 5.00. The monoisotopic (exact) mass is 410 g/mol. The molecule has 4 rings (SSSR count). The van der Waals surface area contributed by atoms with E-state index in [-0.39, 0.29) is 18.3 Å². The minimum atomic E-state index is -0.471. The summed E-state index contributed by atoms with van der Waals surface area (Å²) >= 11 is 0. The minimum Gasteiger partial charge on any atom is -0.481 e. The summed E-state index contributed by atoms with van der Waals surface area (Å²) in [5.74, 6) is 0.220. The lowest BCUT2D eigenvalue weighted by Crippen LogP contribution is -2.49. The molecule has 0 bridgehead atoms. The quantitative estimate of drug-likeness (QED) is 0.617. The fourth-order valence-corrected chi connectivity index (χ4v) is 3.34. The molecule has 30 heavy (non-hydrogen) atoms. The van der Waals surface area contributed by atoms with Crippen molar-refractivity contribution in [2.75, 3.05) is 32.8 Å². The number of tetrazole rings is 1. The number of carbonyl (C=O) groups is 1. The lowest BCUT2D eigenvalue weighted by atomic mass is 10.2. The molecule has 0 N–H and O–H groups in total. The van der Waals surface area contributed by atoms with E-state index >= 15 is 0 Å². The summed E-state index contributed by atoms with van der Waals surface area (Å²) < 4.78 is 20.7. The lowest BCUT2D eigenvalue weighted by Gasteiger charge is -2.34. The van der Waals surface area contributed by atoms with Gasteiger partial charge in [-0.3, -0.25) is 9.69 Å². The number of nitrogens with zero attached hydrogens (tertiary/aromatic N) is 6. The van der Waals surface area contributed by atoms with Crippen LogP contribution >= 0.6 is 0 Å². The molecular formula is C21H23FN6O2. The first-order chi connectivity index (χ1) is 14.6. The van der Waals surface area contributed by atoms with Crippen LogP contribution in [0.1, 0.15) is 11.4 Å². The Bertz CT molecular complexity index is 999. The molecule has 156 valence electrons. The van der Waals surface area contributed by atoms with Gasteiger partial charge in [0.15, 0.2) is 24.0 Å². The van der Waals surface area contributed by atoms with E-state index in [9.17, 15) is 9.18 Å². The smallest absolute Gasteiger partial charge is 0.260 e. The zero-order valence-electron chi connectivity index (χ0n) is 16.7. The van der Waals surface area contributed by atoms with Crippen molar-refractivity contribution in [3.63, 3.8) is 0 Å². The highest BCUT2D eigenvalue weighted by atomic mass is 19.1. The third-order valence-corrected chi connectivity index (χ3v) is 5.09. The largest absolute Gasteiger partial charge is 0.481 e. The number of halogens is 1. The molecule has 1 aliphatic heterocycles. The van der Waals surface area contributed by atoms with Crippen LogP contribution in [0.5, 0.6) is 5.75 Å². The van der Waals surface area contributed by atoms with E-state index < -0.39 is 5.82 Å². The van der Waals surface area contributed by atoms with Crippen LogP contribution in [0, 0.1) is 12.7 Å². The Kier molecular flexibility index (Phi) is 5.99. The van der Waals surface area contributed by atoms with Gasteiger partial charge in [0.1, 0.15) is 0 Å². The molecule has 3 aromatic rings. The second kappa shape index (κ2) is 9.00. The first kappa shape index (κ1) is 20.0. The van der Waals surface area contributed by atoms with Crippen molar-refractivity contribution in [3.8, 4) is 11.4 Å². The maximum Gasteiger partial charge on any atom is 0.260 e. The highest BCUT2D eigenvalue weighted by molar-refractivity contribution is 5.77. The second-order valence-corrected chi connectivity index (χ2v) is 7.22. The van der Waals surface area contributed by atoms with Crippen LogP contribution in [0.4, 0.5) is 4.39 Å². The zero-order valence-corrected chi connectivity index (χ0v) is 16.7. The number of aryl methyl sites for hydroxylation is 1. The zero-order chi connectivity index (χ0) is 20.9. The van der Waals surface area contributed by atoms with E-state index in [1.54, 1.807) is 21.7 Å². The van der Waals surface area contributed by atoms with Gasteiger partial charge in [-0.1, -0.05) is 29.8 Å². The number of rotatable bonds is 6. The first-order valence-electron chi connectivity index (χ1n) is 9.82. The average Bonchev–Trinajstić information content (AvgIpc) is 3.22. The Morgan fingerprint density at radius 1 is 1.07 bits per heavy atom. The van der Waals surface area contributed by atoms with Crippen molar-refractivity contribution >= 4 is 5.91 Å². The topological polar surface area (TPSA) is 76.4 Å². The normalized spacial score (nSPS) is 14.7. The fraction of sp³-hybridized carbons (Fsp3) is 0.333. The van der Waals surface area contributed by atoms with E-state index in [1.807, 2.05) is 31.2 Å². The summed E-state index contributed by atoms with van der Waals surface area (Å²) in [6.07, 6.45) is 0. The summed E-state index contributed by atoms with van der Waals surface area (Å²) in [4.78, 5) is 16.3. The summed E-state index contributed by atoms with van der Waals surface area (Å²) in [5, 5.41) is 12.1. The van der Waals surface area contributed by atoms with Gasteiger partial charge in [-0.05, 0) is 41.6 Å². The summed E-state index contributed by atoms with van der Waals surface area (Å²) in [5.41, 5.74) is 2.09. The minimum absolute atomic E-state index is 0.0902. The molecule has 1 aromatic heterocycles. The predicted octanol–water partition coefficient (Wildman–Crippen LogP) is 1.83. The molecule has 0 atom stereocenters. The number of amides is 1. The van der Waals surface area contributed by atoms with Crippen molar-refractivity contribution in [1.82, 2.24) is 30.0 Å². The van der Waals surface area contributed by atoms with Crippen molar-refractivity contribution < 1.29 is 13.9 Å². The number of para-hydroxylation sites is 1. The standard InChI is InChI=1S/C21H23FN6O2/c1-16-6-8-17(9-7-16)28-20(23-24-25-28)14-26-10-12-27(13-11-26)21(29)15-30-19-5-3-2-4-18(19)22/h2-9H,10-15H2,1H3. The lowest BCUT2D eigenvalue weighted by molar-refractivity contribution is -0.135. The van der Waals surface area contributed by atoms with E-state index in [4.69, 9.17) is 4.74 Å². The van der Waals surface area contributed by atoms with Gasteiger partial charge in [0.05, 0.1) is 12.2 Å². The Labute approximate surface area is 173 Å². The molecule has 2 heterocycles. The van der Waals surface area contributed by atoms with Crippen molar-refractivity contribution in [2.45, 2.75) is 13.5 Å². The third kappa shape index (κ3) is 4.62. The second-order valence-electron chi connectivity index (χ2n) is 7.22. The van der Waals surface area contributed by atoms with Gasteiger partial charge in [-0.15, -0.1) is 5.10 Å². The number of carbonyl (C=O) groups excluding carboxylic acids is 1. The molecule has 9 heteroatoms. The maximum absolute atomic E-state index is 13.6. The molecule has 1 saturated heterocycles. The van der Waals surface area contributed by atoms with Crippen LogP contribution in [0.2, 0.25) is 0 Å². The van der Waals surface area contributed by atoms with Gasteiger partial charge in [0.25, 0.3) is 5.91 Å². The van der Waals surface area contributed by atoms with Gasteiger partial charge in [-0.2, -0.15) is 4.68 Å². The van der Waals surface area contributed by atoms with Crippen LogP contribution in [0.3, 0.4) is 0 Å². The summed E-state index contributed by atoms with van der Waals surface area (Å²) in [6, 6.07) is 14.1. The van der Waals surface area contributed by atoms with Crippen LogP contribution in [0.25, 0.3) is 5.69 Å². The molecule has 2 aromatic carbocycles. The maximum atomic E-state index is 13.6. The van der Waals surface area contributed by atoms with Gasteiger partial charge in [-0.25, -0.2) is 4.39 Å². The first-order valence-corrected chi connectivity index (χ1v) is 9.82. The van der Waals surface area contributed by atoms with Gasteiger partial charge < -0.3 is 9.64 Å². The molecule has 1 amide bonds. The molecule has 8 nitrogen and oxygen atoms in total. The highest BCUT2D eigenvalue weighted by Crippen LogP contribution is 2.16. The van der Waals surface area contributed by atoms with Gasteiger partial charge >= 0.3 is 0 Å². The molecule has 1 aliphatic rings. The Morgan fingerprint density at radius 2 is 1.80 bits per heavy atom. The van der Waals surface area contributed by atoms with Gasteiger partial charge in [0.2, 0.25) is 0 Å². The van der Waals surface area contributed by atoms with Crippen LogP contribution in [-0.4, -0.2) is 68.7 Å². The van der Waals surface area contributed by atoms with E-state index in [1.165, 1.54) is 17.7 Å². The van der Waals surface area contributed by atoms with Crippen LogP contribution in [0.15, 0.2) is 48.5 Å². The number of piperazine rings is 1. The Morgan fingerprint density at radius 3 is 2.53 bits per heavy atom. The van der Waals surface area contributed by atoms with Crippen molar-refractivity contribution in [2.24, 2.45) is 0 Å². The van der Waals surface area contributed by atoms with E-state index in [0.29, 0.717) is 32.7 Å². The number of hydrogen-bond donors (Lipinski definition) is 0. The van der Waals surface area contributed by atoms with Gasteiger partial charge in [0, 0.05) is 26.2 Å². The van der Waals surface area contributed by atoms with Crippen LogP contribution in [-0.2, 0) is 11.3 Å².